The standard InChI is InChI=1S/C11H20N6O/c1-4-16-5-6-17(7-8(16)2)10-13-9(12)14-11(15-10)18-3/h8H,4-7H2,1-3H3,(H2,12,13,14,15). The van der Waals surface area contributed by atoms with Crippen molar-refractivity contribution in [2.75, 3.05) is 43.9 Å². The van der Waals surface area contributed by atoms with Crippen molar-refractivity contribution in [3.63, 3.8) is 0 Å². The van der Waals surface area contributed by atoms with Crippen LogP contribution in [0.5, 0.6) is 6.01 Å². The monoisotopic (exact) mass is 252 g/mol. The van der Waals surface area contributed by atoms with Gasteiger partial charge >= 0.3 is 6.01 Å². The smallest absolute Gasteiger partial charge is 0.322 e. The van der Waals surface area contributed by atoms with Gasteiger partial charge in [0.25, 0.3) is 0 Å². The minimum atomic E-state index is 0.197. The molecular weight excluding hydrogens is 232 g/mol. The summed E-state index contributed by atoms with van der Waals surface area (Å²) in [6.07, 6.45) is 0. The van der Waals surface area contributed by atoms with Gasteiger partial charge in [-0.1, -0.05) is 6.92 Å². The van der Waals surface area contributed by atoms with E-state index in [1.165, 1.54) is 7.11 Å². The first kappa shape index (κ1) is 12.8. The van der Waals surface area contributed by atoms with Gasteiger partial charge in [-0.15, -0.1) is 0 Å². The minimum absolute atomic E-state index is 0.197. The highest BCUT2D eigenvalue weighted by molar-refractivity contribution is 5.36. The molecule has 0 spiro atoms. The van der Waals surface area contributed by atoms with E-state index in [4.69, 9.17) is 10.5 Å². The average Bonchev–Trinajstić information content (AvgIpc) is 2.37. The van der Waals surface area contributed by atoms with Crippen LogP contribution in [0, 0.1) is 0 Å². The zero-order valence-corrected chi connectivity index (χ0v) is 11.1. The Morgan fingerprint density at radius 3 is 2.72 bits per heavy atom. The average molecular weight is 252 g/mol. The highest BCUT2D eigenvalue weighted by Gasteiger charge is 2.24. The van der Waals surface area contributed by atoms with Gasteiger partial charge in [-0.05, 0) is 13.5 Å². The molecular formula is C11H20N6O. The summed E-state index contributed by atoms with van der Waals surface area (Å²) in [4.78, 5) is 16.9. The Balaban J connectivity index is 2.15. The number of nitrogens with zero attached hydrogens (tertiary/aromatic N) is 5. The number of hydrogen-bond acceptors (Lipinski definition) is 7. The number of methoxy groups -OCH3 is 1. The van der Waals surface area contributed by atoms with Gasteiger partial charge in [-0.25, -0.2) is 0 Å². The molecule has 0 aromatic carbocycles. The molecule has 1 fully saturated rings. The zero-order chi connectivity index (χ0) is 13.1. The van der Waals surface area contributed by atoms with Gasteiger partial charge in [0.2, 0.25) is 11.9 Å². The van der Waals surface area contributed by atoms with Gasteiger partial charge in [0, 0.05) is 25.7 Å². The fourth-order valence-electron chi connectivity index (χ4n) is 2.24. The van der Waals surface area contributed by atoms with E-state index in [2.05, 4.69) is 38.6 Å². The molecule has 0 amide bonds. The van der Waals surface area contributed by atoms with Crippen LogP contribution < -0.4 is 15.4 Å². The molecule has 2 heterocycles. The molecule has 2 rings (SSSR count). The molecule has 7 nitrogen and oxygen atoms in total. The Morgan fingerprint density at radius 2 is 2.11 bits per heavy atom. The Kier molecular flexibility index (Phi) is 3.81. The van der Waals surface area contributed by atoms with Crippen molar-refractivity contribution in [2.45, 2.75) is 19.9 Å². The Bertz CT molecular complexity index is 413. The van der Waals surface area contributed by atoms with Crippen molar-refractivity contribution in [1.29, 1.82) is 0 Å². The molecule has 1 unspecified atom stereocenters. The SMILES string of the molecule is CCN1CCN(c2nc(N)nc(OC)n2)CC1C. The largest absolute Gasteiger partial charge is 0.467 e. The number of anilines is 2. The topological polar surface area (TPSA) is 80.4 Å². The van der Waals surface area contributed by atoms with E-state index in [9.17, 15) is 0 Å². The second-order valence-corrected chi connectivity index (χ2v) is 4.40. The number of nitrogens with two attached hydrogens (primary N) is 1. The lowest BCUT2D eigenvalue weighted by atomic mass is 10.2. The number of rotatable bonds is 3. The van der Waals surface area contributed by atoms with Gasteiger partial charge < -0.3 is 15.4 Å². The molecule has 1 saturated heterocycles. The predicted octanol–water partition coefficient (Wildman–Crippen LogP) is -0.00720. The second kappa shape index (κ2) is 5.34. The van der Waals surface area contributed by atoms with Crippen molar-refractivity contribution in [1.82, 2.24) is 19.9 Å². The van der Waals surface area contributed by atoms with Crippen molar-refractivity contribution in [3.05, 3.63) is 0 Å². The van der Waals surface area contributed by atoms with Crippen molar-refractivity contribution < 1.29 is 4.74 Å². The van der Waals surface area contributed by atoms with Crippen molar-refractivity contribution in [3.8, 4) is 6.01 Å². The summed E-state index contributed by atoms with van der Waals surface area (Å²) in [6, 6.07) is 0.746. The van der Waals surface area contributed by atoms with E-state index in [0.717, 1.165) is 26.2 Å². The lowest BCUT2D eigenvalue weighted by Gasteiger charge is -2.39. The number of aromatic nitrogens is 3. The molecule has 100 valence electrons. The van der Waals surface area contributed by atoms with E-state index in [1.54, 1.807) is 0 Å². The Hall–Kier alpha value is -1.63. The second-order valence-electron chi connectivity index (χ2n) is 4.40. The molecule has 0 aliphatic carbocycles. The van der Waals surface area contributed by atoms with Crippen molar-refractivity contribution >= 4 is 11.9 Å². The molecule has 1 aliphatic rings. The third kappa shape index (κ3) is 2.61. The minimum Gasteiger partial charge on any atom is -0.467 e. The van der Waals surface area contributed by atoms with Crippen molar-refractivity contribution in [2.24, 2.45) is 0 Å². The lowest BCUT2D eigenvalue weighted by molar-refractivity contribution is 0.198. The van der Waals surface area contributed by atoms with Gasteiger partial charge in [-0.2, -0.15) is 15.0 Å². The number of piperazine rings is 1. The summed E-state index contributed by atoms with van der Waals surface area (Å²) in [5.74, 6) is 0.796. The fraction of sp³-hybridized carbons (Fsp3) is 0.727. The summed E-state index contributed by atoms with van der Waals surface area (Å²) < 4.78 is 5.02. The number of nitrogen functional groups attached to an aromatic ring is 1. The number of hydrogen-bond donors (Lipinski definition) is 1. The molecule has 0 saturated carbocycles. The van der Waals surface area contributed by atoms with Gasteiger partial charge in [0.1, 0.15) is 0 Å². The van der Waals surface area contributed by atoms with E-state index < -0.39 is 0 Å². The maximum absolute atomic E-state index is 5.65. The summed E-state index contributed by atoms with van der Waals surface area (Å²) in [5.41, 5.74) is 5.65. The molecule has 1 atom stereocenters. The van der Waals surface area contributed by atoms with Crippen LogP contribution in [0.3, 0.4) is 0 Å². The molecule has 1 aromatic heterocycles. The first-order valence-corrected chi connectivity index (χ1v) is 6.18. The van der Waals surface area contributed by atoms with E-state index in [1.807, 2.05) is 0 Å². The molecule has 1 aliphatic heterocycles. The van der Waals surface area contributed by atoms with Crippen LogP contribution >= 0.6 is 0 Å². The van der Waals surface area contributed by atoms with Crippen LogP contribution in [0.4, 0.5) is 11.9 Å². The number of likely N-dealkylation sites (N-methyl/N-ethyl adjacent to an activating group) is 1. The first-order chi connectivity index (χ1) is 8.63. The third-order valence-electron chi connectivity index (χ3n) is 3.26. The maximum Gasteiger partial charge on any atom is 0.322 e. The van der Waals surface area contributed by atoms with E-state index >= 15 is 0 Å². The van der Waals surface area contributed by atoms with Gasteiger partial charge in [-0.3, -0.25) is 4.90 Å². The van der Waals surface area contributed by atoms with Crippen LogP contribution in [0.1, 0.15) is 13.8 Å². The highest BCUT2D eigenvalue weighted by atomic mass is 16.5. The summed E-state index contributed by atoms with van der Waals surface area (Å²) in [6.45, 7) is 8.24. The Labute approximate surface area is 107 Å². The lowest BCUT2D eigenvalue weighted by Crippen LogP contribution is -2.52. The fourth-order valence-corrected chi connectivity index (χ4v) is 2.24. The maximum atomic E-state index is 5.65. The molecule has 0 bridgehead atoms. The molecule has 1 aromatic rings. The Morgan fingerprint density at radius 1 is 1.33 bits per heavy atom. The molecule has 18 heavy (non-hydrogen) atoms. The molecule has 7 heteroatoms. The van der Waals surface area contributed by atoms with E-state index in [-0.39, 0.29) is 12.0 Å². The summed E-state index contributed by atoms with van der Waals surface area (Å²) >= 11 is 0. The molecule has 2 N–H and O–H groups in total. The third-order valence-corrected chi connectivity index (χ3v) is 3.26. The zero-order valence-electron chi connectivity index (χ0n) is 11.1. The normalized spacial score (nSPS) is 21.1. The van der Waals surface area contributed by atoms with Gasteiger partial charge in [0.05, 0.1) is 7.11 Å². The van der Waals surface area contributed by atoms with Crippen LogP contribution in [0.25, 0.3) is 0 Å². The predicted molar refractivity (Wildman–Crippen MR) is 69.7 cm³/mol. The van der Waals surface area contributed by atoms with Crippen LogP contribution in [0.2, 0.25) is 0 Å². The quantitative estimate of drug-likeness (QED) is 0.810. The first-order valence-electron chi connectivity index (χ1n) is 6.18. The van der Waals surface area contributed by atoms with Crippen LogP contribution in [-0.2, 0) is 0 Å². The van der Waals surface area contributed by atoms with Gasteiger partial charge in [0.15, 0.2) is 0 Å². The number of ether oxygens (including phenoxy) is 1. The van der Waals surface area contributed by atoms with Crippen LogP contribution in [0.15, 0.2) is 0 Å². The highest BCUT2D eigenvalue weighted by Crippen LogP contribution is 2.17. The molecule has 0 radical (unpaired) electrons. The van der Waals surface area contributed by atoms with Crippen LogP contribution in [-0.4, -0.2) is 59.2 Å². The summed E-state index contributed by atoms with van der Waals surface area (Å²) in [5, 5.41) is 0. The van der Waals surface area contributed by atoms with E-state index in [0.29, 0.717) is 12.0 Å². The summed E-state index contributed by atoms with van der Waals surface area (Å²) in [7, 11) is 1.52.